The van der Waals surface area contributed by atoms with Gasteiger partial charge in [-0.05, 0) is 6.07 Å². The molecule has 3 aromatic rings. The molecule has 0 atom stereocenters. The third kappa shape index (κ3) is 1.81. The first-order valence-electron chi connectivity index (χ1n) is 5.55. The summed E-state index contributed by atoms with van der Waals surface area (Å²) in [7, 11) is 0. The lowest BCUT2D eigenvalue weighted by molar-refractivity contribution is 0.0954. The van der Waals surface area contributed by atoms with Crippen LogP contribution in [0.3, 0.4) is 0 Å². The molecule has 0 radical (unpaired) electrons. The standard InChI is InChI=1S/C12H10N6O/c13-18-12(19)8-4-2-1-3-7(8)9-10-11(16-5-14-9)17-6-15-10/h1-6H,13H2,(H,18,19)(H,14,15,16,17). The van der Waals surface area contributed by atoms with Gasteiger partial charge in [0.25, 0.3) is 5.91 Å². The van der Waals surface area contributed by atoms with E-state index in [0.717, 1.165) is 0 Å². The number of imidazole rings is 1. The number of rotatable bonds is 2. The summed E-state index contributed by atoms with van der Waals surface area (Å²) in [6.45, 7) is 0. The van der Waals surface area contributed by atoms with E-state index >= 15 is 0 Å². The molecule has 0 saturated carbocycles. The molecule has 0 unspecified atom stereocenters. The fourth-order valence-corrected chi connectivity index (χ4v) is 1.93. The molecule has 2 heterocycles. The van der Waals surface area contributed by atoms with Crippen LogP contribution in [0.25, 0.3) is 22.4 Å². The number of nitrogens with two attached hydrogens (primary N) is 1. The van der Waals surface area contributed by atoms with Crippen LogP contribution in [0.1, 0.15) is 10.4 Å². The number of amides is 1. The van der Waals surface area contributed by atoms with Crippen molar-refractivity contribution in [3.8, 4) is 11.3 Å². The van der Waals surface area contributed by atoms with E-state index < -0.39 is 0 Å². The van der Waals surface area contributed by atoms with Gasteiger partial charge in [0.15, 0.2) is 5.65 Å². The van der Waals surface area contributed by atoms with E-state index in [9.17, 15) is 4.79 Å². The minimum absolute atomic E-state index is 0.373. The van der Waals surface area contributed by atoms with Gasteiger partial charge in [0.05, 0.1) is 11.9 Å². The average Bonchev–Trinajstić information content (AvgIpc) is 2.94. The number of nitrogen functional groups attached to an aromatic ring is 1. The van der Waals surface area contributed by atoms with E-state index in [1.165, 1.54) is 12.7 Å². The molecule has 0 aliphatic carbocycles. The zero-order valence-corrected chi connectivity index (χ0v) is 9.79. The van der Waals surface area contributed by atoms with Crippen molar-refractivity contribution in [3.63, 3.8) is 0 Å². The van der Waals surface area contributed by atoms with Gasteiger partial charge >= 0.3 is 0 Å². The third-order valence-electron chi connectivity index (χ3n) is 2.78. The molecule has 2 aromatic heterocycles. The van der Waals surface area contributed by atoms with Crippen molar-refractivity contribution >= 4 is 17.1 Å². The van der Waals surface area contributed by atoms with Crippen LogP contribution in [0.2, 0.25) is 0 Å². The van der Waals surface area contributed by atoms with Gasteiger partial charge in [-0.3, -0.25) is 10.2 Å². The van der Waals surface area contributed by atoms with Crippen LogP contribution in [0.5, 0.6) is 0 Å². The Labute approximate surface area is 107 Å². The molecule has 7 heteroatoms. The molecule has 0 fully saturated rings. The normalized spacial score (nSPS) is 10.6. The molecule has 0 spiro atoms. The first-order valence-corrected chi connectivity index (χ1v) is 5.55. The Kier molecular flexibility index (Phi) is 2.66. The van der Waals surface area contributed by atoms with E-state index in [4.69, 9.17) is 5.84 Å². The molecule has 19 heavy (non-hydrogen) atoms. The van der Waals surface area contributed by atoms with E-state index in [0.29, 0.717) is 28.0 Å². The topological polar surface area (TPSA) is 110 Å². The van der Waals surface area contributed by atoms with Crippen molar-refractivity contribution in [3.05, 3.63) is 42.5 Å². The number of H-pyrrole nitrogens is 1. The molecule has 4 N–H and O–H groups in total. The van der Waals surface area contributed by atoms with Crippen LogP contribution in [0, 0.1) is 0 Å². The highest BCUT2D eigenvalue weighted by Crippen LogP contribution is 2.26. The lowest BCUT2D eigenvalue weighted by atomic mass is 10.0. The van der Waals surface area contributed by atoms with Crippen LogP contribution in [0.15, 0.2) is 36.9 Å². The fraction of sp³-hybridized carbons (Fsp3) is 0. The average molecular weight is 254 g/mol. The highest BCUT2D eigenvalue weighted by atomic mass is 16.2. The molecular formula is C12H10N6O. The number of nitrogens with one attached hydrogen (secondary N) is 2. The summed E-state index contributed by atoms with van der Waals surface area (Å²) in [6.07, 6.45) is 2.95. The first kappa shape index (κ1) is 11.3. The molecule has 1 amide bonds. The number of aromatic amines is 1. The van der Waals surface area contributed by atoms with Crippen LogP contribution >= 0.6 is 0 Å². The Morgan fingerprint density at radius 3 is 2.89 bits per heavy atom. The maximum absolute atomic E-state index is 11.8. The lowest BCUT2D eigenvalue weighted by Gasteiger charge is -2.07. The molecule has 94 valence electrons. The Hall–Kier alpha value is -2.80. The first-order chi connectivity index (χ1) is 9.31. The van der Waals surface area contributed by atoms with Gasteiger partial charge in [-0.2, -0.15) is 0 Å². The number of hydrogen-bond acceptors (Lipinski definition) is 5. The lowest BCUT2D eigenvalue weighted by Crippen LogP contribution is -2.30. The molecule has 0 aliphatic rings. The largest absolute Gasteiger partial charge is 0.341 e. The minimum atomic E-state index is -0.373. The summed E-state index contributed by atoms with van der Waals surface area (Å²) in [4.78, 5) is 27.1. The Balaban J connectivity index is 2.27. The summed E-state index contributed by atoms with van der Waals surface area (Å²) < 4.78 is 0. The summed E-state index contributed by atoms with van der Waals surface area (Å²) >= 11 is 0. The van der Waals surface area contributed by atoms with Crippen LogP contribution in [-0.4, -0.2) is 25.8 Å². The van der Waals surface area contributed by atoms with Crippen LogP contribution < -0.4 is 11.3 Å². The van der Waals surface area contributed by atoms with Gasteiger partial charge in [-0.1, -0.05) is 18.2 Å². The molecule has 1 aromatic carbocycles. The van der Waals surface area contributed by atoms with Crippen molar-refractivity contribution in [2.75, 3.05) is 0 Å². The predicted molar refractivity (Wildman–Crippen MR) is 68.8 cm³/mol. The quantitative estimate of drug-likeness (QED) is 0.353. The maximum atomic E-state index is 11.8. The number of aromatic nitrogens is 4. The van der Waals surface area contributed by atoms with E-state index in [1.54, 1.807) is 18.2 Å². The van der Waals surface area contributed by atoms with Crippen molar-refractivity contribution in [1.29, 1.82) is 0 Å². The van der Waals surface area contributed by atoms with Crippen molar-refractivity contribution in [2.45, 2.75) is 0 Å². The van der Waals surface area contributed by atoms with Gasteiger partial charge < -0.3 is 4.98 Å². The van der Waals surface area contributed by atoms with Crippen molar-refractivity contribution in [1.82, 2.24) is 25.4 Å². The van der Waals surface area contributed by atoms with Crippen LogP contribution in [-0.2, 0) is 0 Å². The monoisotopic (exact) mass is 254 g/mol. The number of benzene rings is 1. The Morgan fingerprint density at radius 2 is 2.05 bits per heavy atom. The third-order valence-corrected chi connectivity index (χ3v) is 2.78. The van der Waals surface area contributed by atoms with Crippen molar-refractivity contribution < 1.29 is 4.79 Å². The Morgan fingerprint density at radius 1 is 1.21 bits per heavy atom. The number of carbonyl (C=O) groups excluding carboxylic acids is 1. The molecule has 7 nitrogen and oxygen atoms in total. The number of hydrogen-bond donors (Lipinski definition) is 3. The molecule has 0 saturated heterocycles. The predicted octanol–water partition coefficient (Wildman–Crippen LogP) is 0.623. The van der Waals surface area contributed by atoms with Gasteiger partial charge in [0.1, 0.15) is 17.5 Å². The summed E-state index contributed by atoms with van der Waals surface area (Å²) in [5, 5.41) is 0. The van der Waals surface area contributed by atoms with Gasteiger partial charge in [-0.15, -0.1) is 0 Å². The SMILES string of the molecule is NNC(=O)c1ccccc1-c1ncnc2nc[nH]c12. The zero-order chi connectivity index (χ0) is 13.2. The minimum Gasteiger partial charge on any atom is -0.341 e. The van der Waals surface area contributed by atoms with Gasteiger partial charge in [0, 0.05) is 5.56 Å². The van der Waals surface area contributed by atoms with Crippen LogP contribution in [0.4, 0.5) is 0 Å². The van der Waals surface area contributed by atoms with Gasteiger partial charge in [-0.25, -0.2) is 20.8 Å². The molecular weight excluding hydrogens is 244 g/mol. The summed E-state index contributed by atoms with van der Waals surface area (Å²) in [5.74, 6) is 4.82. The highest BCUT2D eigenvalue weighted by Gasteiger charge is 2.15. The second-order valence-electron chi connectivity index (χ2n) is 3.84. The number of fused-ring (bicyclic) bond motifs is 1. The van der Waals surface area contributed by atoms with Crippen molar-refractivity contribution in [2.24, 2.45) is 5.84 Å². The zero-order valence-electron chi connectivity index (χ0n) is 9.79. The van der Waals surface area contributed by atoms with E-state index in [2.05, 4.69) is 25.4 Å². The second kappa shape index (κ2) is 4.46. The molecule has 0 bridgehead atoms. The molecule has 3 rings (SSSR count). The number of nitrogens with zero attached hydrogens (tertiary/aromatic N) is 3. The van der Waals surface area contributed by atoms with E-state index in [1.807, 2.05) is 6.07 Å². The Bertz CT molecular complexity index is 751. The summed E-state index contributed by atoms with van der Waals surface area (Å²) in [6, 6.07) is 7.07. The fourth-order valence-electron chi connectivity index (χ4n) is 1.93. The number of carbonyl (C=O) groups is 1. The van der Waals surface area contributed by atoms with E-state index in [-0.39, 0.29) is 5.91 Å². The number of hydrazine groups is 1. The summed E-state index contributed by atoms with van der Waals surface area (Å²) in [5.41, 5.74) is 5.08. The second-order valence-corrected chi connectivity index (χ2v) is 3.84. The maximum Gasteiger partial charge on any atom is 0.265 e. The highest BCUT2D eigenvalue weighted by molar-refractivity contribution is 6.02. The smallest absolute Gasteiger partial charge is 0.265 e. The van der Waals surface area contributed by atoms with Gasteiger partial charge in [0.2, 0.25) is 0 Å². The molecule has 0 aliphatic heterocycles.